The van der Waals surface area contributed by atoms with Gasteiger partial charge in [-0.1, -0.05) is 6.92 Å². The van der Waals surface area contributed by atoms with Crippen molar-refractivity contribution < 1.29 is 4.79 Å². The minimum absolute atomic E-state index is 0.0117. The van der Waals surface area contributed by atoms with E-state index in [1.807, 2.05) is 18.7 Å². The van der Waals surface area contributed by atoms with Crippen molar-refractivity contribution in [2.45, 2.75) is 31.6 Å². The van der Waals surface area contributed by atoms with E-state index in [0.29, 0.717) is 0 Å². The standard InChI is InChI=1S/C14H17N3OS2/c1-2-10(13-15-4-5-16-13)17-14(18)12-7-9-8-19-6-3-11(9)20-12/h4-5,7,10H,2-3,6,8H2,1H3,(H,15,16)(H,17,18). The van der Waals surface area contributed by atoms with Crippen molar-refractivity contribution in [3.63, 3.8) is 0 Å². The molecule has 1 aliphatic heterocycles. The van der Waals surface area contributed by atoms with Gasteiger partial charge in [0.25, 0.3) is 5.91 Å². The van der Waals surface area contributed by atoms with Crippen molar-refractivity contribution in [2.75, 3.05) is 5.75 Å². The normalized spacial score (nSPS) is 15.7. The van der Waals surface area contributed by atoms with E-state index in [9.17, 15) is 4.79 Å². The highest BCUT2D eigenvalue weighted by molar-refractivity contribution is 7.98. The van der Waals surface area contributed by atoms with Crippen molar-refractivity contribution in [1.29, 1.82) is 0 Å². The molecule has 2 aromatic rings. The Bertz CT molecular complexity index is 568. The molecular formula is C14H17N3OS2. The van der Waals surface area contributed by atoms with Gasteiger partial charge in [0.2, 0.25) is 0 Å². The van der Waals surface area contributed by atoms with Crippen LogP contribution in [-0.2, 0) is 12.2 Å². The number of carbonyl (C=O) groups excluding carboxylic acids is 1. The number of aromatic nitrogens is 2. The number of thiophene rings is 1. The number of nitrogens with zero attached hydrogens (tertiary/aromatic N) is 1. The zero-order valence-corrected chi connectivity index (χ0v) is 12.9. The molecule has 0 aromatic carbocycles. The summed E-state index contributed by atoms with van der Waals surface area (Å²) in [6.45, 7) is 2.05. The van der Waals surface area contributed by atoms with Crippen LogP contribution in [0, 0.1) is 0 Å². The fraction of sp³-hybridized carbons (Fsp3) is 0.429. The lowest BCUT2D eigenvalue weighted by molar-refractivity contribution is 0.0938. The number of nitrogens with one attached hydrogen (secondary N) is 2. The molecule has 106 valence electrons. The zero-order chi connectivity index (χ0) is 13.9. The number of aromatic amines is 1. The minimum Gasteiger partial charge on any atom is -0.347 e. The molecule has 0 fully saturated rings. The van der Waals surface area contributed by atoms with Crippen LogP contribution in [0.15, 0.2) is 18.5 Å². The van der Waals surface area contributed by atoms with E-state index < -0.39 is 0 Å². The fourth-order valence-corrected chi connectivity index (χ4v) is 4.60. The van der Waals surface area contributed by atoms with Crippen molar-refractivity contribution in [3.05, 3.63) is 39.6 Å². The predicted octanol–water partition coefficient (Wildman–Crippen LogP) is 3.14. The first-order valence-corrected chi connectivity index (χ1v) is 8.74. The van der Waals surface area contributed by atoms with Crippen LogP contribution in [0.3, 0.4) is 0 Å². The largest absolute Gasteiger partial charge is 0.347 e. The molecule has 0 spiro atoms. The molecule has 20 heavy (non-hydrogen) atoms. The summed E-state index contributed by atoms with van der Waals surface area (Å²) in [6, 6.07) is 2.00. The molecule has 1 aliphatic rings. The van der Waals surface area contributed by atoms with E-state index in [-0.39, 0.29) is 11.9 Å². The molecule has 2 N–H and O–H groups in total. The minimum atomic E-state index is -0.0500. The Hall–Kier alpha value is -1.27. The van der Waals surface area contributed by atoms with Gasteiger partial charge >= 0.3 is 0 Å². The maximum atomic E-state index is 12.4. The monoisotopic (exact) mass is 307 g/mol. The van der Waals surface area contributed by atoms with Crippen LogP contribution in [0.5, 0.6) is 0 Å². The Morgan fingerprint density at radius 1 is 1.60 bits per heavy atom. The second-order valence-corrected chi connectivity index (χ2v) is 7.01. The summed E-state index contributed by atoms with van der Waals surface area (Å²) in [6.07, 6.45) is 5.41. The van der Waals surface area contributed by atoms with Gasteiger partial charge in [-0.3, -0.25) is 4.79 Å². The van der Waals surface area contributed by atoms with E-state index in [1.54, 1.807) is 23.7 Å². The quantitative estimate of drug-likeness (QED) is 0.912. The number of thioether (sulfide) groups is 1. The van der Waals surface area contributed by atoms with Gasteiger partial charge in [-0.15, -0.1) is 11.3 Å². The molecule has 0 saturated carbocycles. The third kappa shape index (κ3) is 2.76. The lowest BCUT2D eigenvalue weighted by atomic mass is 10.2. The van der Waals surface area contributed by atoms with Crippen molar-refractivity contribution >= 4 is 29.0 Å². The fourth-order valence-electron chi connectivity index (χ4n) is 2.32. The van der Waals surface area contributed by atoms with Crippen LogP contribution in [0.4, 0.5) is 0 Å². The highest BCUT2D eigenvalue weighted by Crippen LogP contribution is 2.31. The molecule has 1 atom stereocenters. The van der Waals surface area contributed by atoms with Crippen LogP contribution in [-0.4, -0.2) is 21.6 Å². The van der Waals surface area contributed by atoms with Gasteiger partial charge in [0.05, 0.1) is 10.9 Å². The van der Waals surface area contributed by atoms with Gasteiger partial charge in [0, 0.05) is 23.0 Å². The van der Waals surface area contributed by atoms with Gasteiger partial charge in [-0.2, -0.15) is 11.8 Å². The van der Waals surface area contributed by atoms with Crippen molar-refractivity contribution in [3.8, 4) is 0 Å². The highest BCUT2D eigenvalue weighted by Gasteiger charge is 2.20. The molecule has 0 radical (unpaired) electrons. The summed E-state index contributed by atoms with van der Waals surface area (Å²) in [5, 5.41) is 3.07. The molecule has 4 nitrogen and oxygen atoms in total. The van der Waals surface area contributed by atoms with Gasteiger partial charge < -0.3 is 10.3 Å². The molecule has 3 heterocycles. The summed E-state index contributed by atoms with van der Waals surface area (Å²) < 4.78 is 0. The zero-order valence-electron chi connectivity index (χ0n) is 11.3. The number of carbonyl (C=O) groups is 1. The Morgan fingerprint density at radius 3 is 3.20 bits per heavy atom. The molecule has 0 aliphatic carbocycles. The summed E-state index contributed by atoms with van der Waals surface area (Å²) in [5.74, 6) is 3.03. The number of H-pyrrole nitrogens is 1. The van der Waals surface area contributed by atoms with E-state index in [1.165, 1.54) is 16.2 Å². The maximum Gasteiger partial charge on any atom is 0.261 e. The molecular weight excluding hydrogens is 290 g/mol. The Morgan fingerprint density at radius 2 is 2.50 bits per heavy atom. The van der Waals surface area contributed by atoms with E-state index in [2.05, 4.69) is 21.4 Å². The van der Waals surface area contributed by atoms with Crippen LogP contribution < -0.4 is 5.32 Å². The number of hydrogen-bond donors (Lipinski definition) is 2. The van der Waals surface area contributed by atoms with Crippen LogP contribution >= 0.6 is 23.1 Å². The average Bonchev–Trinajstić information content (AvgIpc) is 3.13. The third-order valence-corrected chi connectivity index (χ3v) is 5.66. The summed E-state index contributed by atoms with van der Waals surface area (Å²) in [5.41, 5.74) is 1.34. The van der Waals surface area contributed by atoms with Crippen LogP contribution in [0.2, 0.25) is 0 Å². The van der Waals surface area contributed by atoms with Gasteiger partial charge in [0.15, 0.2) is 0 Å². The van der Waals surface area contributed by atoms with Gasteiger partial charge in [0.1, 0.15) is 5.82 Å². The molecule has 0 saturated heterocycles. The predicted molar refractivity (Wildman–Crippen MR) is 83.3 cm³/mol. The van der Waals surface area contributed by atoms with Gasteiger partial charge in [-0.05, 0) is 30.2 Å². The molecule has 0 bridgehead atoms. The Balaban J connectivity index is 1.74. The first-order valence-electron chi connectivity index (χ1n) is 6.77. The molecule has 6 heteroatoms. The lowest BCUT2D eigenvalue weighted by Crippen LogP contribution is -2.28. The van der Waals surface area contributed by atoms with E-state index >= 15 is 0 Å². The first kappa shape index (κ1) is 13.7. The number of hydrogen-bond acceptors (Lipinski definition) is 4. The third-order valence-electron chi connectivity index (χ3n) is 3.41. The number of aryl methyl sites for hydroxylation is 1. The molecule has 1 amide bonds. The lowest BCUT2D eigenvalue weighted by Gasteiger charge is -2.13. The smallest absolute Gasteiger partial charge is 0.261 e. The molecule has 1 unspecified atom stereocenters. The Labute approximate surface area is 126 Å². The second-order valence-electron chi connectivity index (χ2n) is 4.77. The SMILES string of the molecule is CCC(NC(=O)c1cc2c(s1)CCSC2)c1ncc[nH]1. The summed E-state index contributed by atoms with van der Waals surface area (Å²) >= 11 is 3.58. The van der Waals surface area contributed by atoms with Crippen molar-refractivity contribution in [1.82, 2.24) is 15.3 Å². The molecule has 2 aromatic heterocycles. The maximum absolute atomic E-state index is 12.4. The number of amides is 1. The number of fused-ring (bicyclic) bond motifs is 1. The summed E-state index contributed by atoms with van der Waals surface area (Å²) in [4.78, 5) is 21.9. The first-order chi connectivity index (χ1) is 9.78. The summed E-state index contributed by atoms with van der Waals surface area (Å²) in [7, 11) is 0. The van der Waals surface area contributed by atoms with E-state index in [0.717, 1.165) is 29.3 Å². The van der Waals surface area contributed by atoms with Crippen molar-refractivity contribution in [2.24, 2.45) is 0 Å². The second kappa shape index (κ2) is 6.01. The Kier molecular flexibility index (Phi) is 4.12. The average molecular weight is 307 g/mol. The number of imidazole rings is 1. The topological polar surface area (TPSA) is 57.8 Å². The van der Waals surface area contributed by atoms with Gasteiger partial charge in [-0.25, -0.2) is 4.98 Å². The number of rotatable bonds is 4. The molecule has 3 rings (SSSR count). The highest BCUT2D eigenvalue weighted by atomic mass is 32.2. The van der Waals surface area contributed by atoms with Crippen LogP contribution in [0.25, 0.3) is 0 Å². The van der Waals surface area contributed by atoms with E-state index in [4.69, 9.17) is 0 Å². The van der Waals surface area contributed by atoms with Crippen LogP contribution in [0.1, 0.15) is 45.3 Å².